The van der Waals surface area contributed by atoms with Crippen LogP contribution in [0.1, 0.15) is 463 Å². The maximum atomic E-state index is 12.5. The zero-order valence-corrected chi connectivity index (χ0v) is 58.8. The van der Waals surface area contributed by atoms with E-state index in [1.165, 1.54) is 398 Å². The van der Waals surface area contributed by atoms with Gasteiger partial charge in [0.15, 0.2) is 0 Å². The summed E-state index contributed by atoms with van der Waals surface area (Å²) in [4.78, 5) is 24.6. The molecule has 2 unspecified atom stereocenters. The molecule has 0 aromatic heterocycles. The molecule has 0 fully saturated rings. The Bertz CT molecular complexity index is 1300. The zero-order chi connectivity index (χ0) is 62.0. The monoisotopic (exact) mass is 1210 g/mol. The third kappa shape index (κ3) is 71.7. The van der Waals surface area contributed by atoms with Crippen LogP contribution in [-0.2, 0) is 14.3 Å². The Hall–Kier alpha value is -1.40. The Morgan fingerprint density at radius 1 is 0.314 bits per heavy atom. The predicted octanol–water partition coefficient (Wildman–Crippen LogP) is 26.3. The molecule has 0 aromatic carbocycles. The van der Waals surface area contributed by atoms with E-state index in [1.54, 1.807) is 6.08 Å². The molecule has 0 aliphatic rings. The highest BCUT2D eigenvalue weighted by Gasteiger charge is 2.18. The summed E-state index contributed by atoms with van der Waals surface area (Å²) in [6, 6.07) is -0.624. The summed E-state index contributed by atoms with van der Waals surface area (Å²) in [6.45, 7) is 4.97. The van der Waals surface area contributed by atoms with Gasteiger partial charge in [-0.25, -0.2) is 0 Å². The van der Waals surface area contributed by atoms with E-state index in [4.69, 9.17) is 4.74 Å². The van der Waals surface area contributed by atoms with Crippen molar-refractivity contribution < 1.29 is 24.5 Å². The van der Waals surface area contributed by atoms with Gasteiger partial charge < -0.3 is 20.3 Å². The SMILES string of the molecule is CCCCCCCCCCCCCCCCCC/C=C/C(O)C(CO)NC(=O)CCCCCCCCCCCCCCCCCCCCCCCCCCCCCCCCCCCCCOC(=O)CCCCCCCCCCCCCCCCCC. The number of carbonyl (C=O) groups excluding carboxylic acids is 2. The number of amides is 1. The first-order chi connectivity index (χ1) is 42.5. The topological polar surface area (TPSA) is 95.9 Å². The average molecular weight is 1210 g/mol. The maximum Gasteiger partial charge on any atom is 0.305 e. The second kappa shape index (κ2) is 76.1. The van der Waals surface area contributed by atoms with Gasteiger partial charge in [0.05, 0.1) is 25.4 Å². The molecule has 0 spiro atoms. The van der Waals surface area contributed by atoms with E-state index in [0.29, 0.717) is 19.4 Å². The molecular formula is C80H157NO5. The van der Waals surface area contributed by atoms with Crippen molar-refractivity contribution >= 4 is 11.9 Å². The number of rotatable bonds is 76. The maximum absolute atomic E-state index is 12.5. The standard InChI is InChI=1S/C80H157NO5/c1-3-5-7-9-11-13-15-17-19-21-41-44-48-52-56-60-64-68-72-78(83)77(76-82)81-79(84)73-69-65-61-57-53-49-45-42-39-37-35-33-31-29-27-25-23-22-24-26-28-30-32-34-36-38-40-43-47-51-55-59-63-67-71-75-86-80(85)74-70-66-62-58-54-50-46-20-18-16-14-12-10-8-6-4-2/h68,72,77-78,82-83H,3-67,69-71,73-76H2,1-2H3,(H,81,84)/b72-68+. The van der Waals surface area contributed by atoms with Crippen LogP contribution in [0.5, 0.6) is 0 Å². The van der Waals surface area contributed by atoms with Crippen LogP contribution in [0, 0.1) is 0 Å². The van der Waals surface area contributed by atoms with Crippen LogP contribution in [0.3, 0.4) is 0 Å². The number of allylic oxidation sites excluding steroid dienone is 1. The second-order valence-corrected chi connectivity index (χ2v) is 27.8. The molecule has 1 amide bonds. The Morgan fingerprint density at radius 3 is 0.791 bits per heavy atom. The highest BCUT2D eigenvalue weighted by Crippen LogP contribution is 2.20. The lowest BCUT2D eigenvalue weighted by Gasteiger charge is -2.20. The van der Waals surface area contributed by atoms with E-state index in [-0.39, 0.29) is 18.5 Å². The molecule has 0 aliphatic heterocycles. The smallest absolute Gasteiger partial charge is 0.305 e. The second-order valence-electron chi connectivity index (χ2n) is 27.8. The fraction of sp³-hybridized carbons (Fsp3) is 0.950. The highest BCUT2D eigenvalue weighted by molar-refractivity contribution is 5.76. The molecule has 0 saturated heterocycles. The van der Waals surface area contributed by atoms with E-state index >= 15 is 0 Å². The van der Waals surface area contributed by atoms with Crippen LogP contribution in [0.25, 0.3) is 0 Å². The molecule has 0 bridgehead atoms. The minimum absolute atomic E-state index is 0.0271. The van der Waals surface area contributed by atoms with Gasteiger partial charge >= 0.3 is 5.97 Å². The highest BCUT2D eigenvalue weighted by atomic mass is 16.5. The van der Waals surface area contributed by atoms with Gasteiger partial charge in [0.2, 0.25) is 5.91 Å². The van der Waals surface area contributed by atoms with Crippen LogP contribution in [0.15, 0.2) is 12.2 Å². The minimum atomic E-state index is -0.841. The quantitative estimate of drug-likeness (QED) is 0.0320. The van der Waals surface area contributed by atoms with Gasteiger partial charge in [0.1, 0.15) is 0 Å². The number of aliphatic hydroxyl groups is 2. The number of hydrogen-bond acceptors (Lipinski definition) is 5. The summed E-state index contributed by atoms with van der Waals surface area (Å²) in [5.74, 6) is -0.0311. The summed E-state index contributed by atoms with van der Waals surface area (Å²) < 4.78 is 5.51. The third-order valence-electron chi connectivity index (χ3n) is 19.1. The van der Waals surface area contributed by atoms with Crippen molar-refractivity contribution in [3.63, 3.8) is 0 Å². The van der Waals surface area contributed by atoms with Crippen LogP contribution in [0.4, 0.5) is 0 Å². The zero-order valence-electron chi connectivity index (χ0n) is 58.8. The molecule has 3 N–H and O–H groups in total. The van der Waals surface area contributed by atoms with Crippen molar-refractivity contribution in [1.29, 1.82) is 0 Å². The molecule has 0 rings (SSSR count). The molecule has 0 aliphatic carbocycles. The van der Waals surface area contributed by atoms with Crippen molar-refractivity contribution in [3.05, 3.63) is 12.2 Å². The van der Waals surface area contributed by atoms with Gasteiger partial charge in [-0.2, -0.15) is 0 Å². The van der Waals surface area contributed by atoms with Crippen LogP contribution in [-0.4, -0.2) is 47.4 Å². The largest absolute Gasteiger partial charge is 0.466 e. The lowest BCUT2D eigenvalue weighted by Crippen LogP contribution is -2.45. The number of aliphatic hydroxyl groups excluding tert-OH is 2. The van der Waals surface area contributed by atoms with Crippen LogP contribution < -0.4 is 5.32 Å². The van der Waals surface area contributed by atoms with Crippen molar-refractivity contribution in [2.45, 2.75) is 475 Å². The van der Waals surface area contributed by atoms with Crippen molar-refractivity contribution in [3.8, 4) is 0 Å². The first-order valence-electron chi connectivity index (χ1n) is 40.0. The molecule has 6 nitrogen and oxygen atoms in total. The fourth-order valence-electron chi connectivity index (χ4n) is 13.0. The summed E-state index contributed by atoms with van der Waals surface area (Å²) >= 11 is 0. The van der Waals surface area contributed by atoms with Gasteiger partial charge in [-0.15, -0.1) is 0 Å². The number of esters is 1. The van der Waals surface area contributed by atoms with Crippen molar-refractivity contribution in [1.82, 2.24) is 5.32 Å². The normalized spacial score (nSPS) is 12.5. The first-order valence-corrected chi connectivity index (χ1v) is 40.0. The summed E-state index contributed by atoms with van der Waals surface area (Å²) in [7, 11) is 0. The first kappa shape index (κ1) is 84.6. The number of carbonyl (C=O) groups is 2. The predicted molar refractivity (Wildman–Crippen MR) is 380 cm³/mol. The summed E-state index contributed by atoms with van der Waals surface area (Å²) in [5, 5.41) is 23.2. The van der Waals surface area contributed by atoms with Gasteiger partial charge in [-0.1, -0.05) is 431 Å². The fourth-order valence-corrected chi connectivity index (χ4v) is 13.0. The molecule has 6 heteroatoms. The van der Waals surface area contributed by atoms with E-state index in [9.17, 15) is 19.8 Å². The molecule has 0 aromatic rings. The van der Waals surface area contributed by atoms with E-state index in [2.05, 4.69) is 19.2 Å². The van der Waals surface area contributed by atoms with Gasteiger partial charge in [0, 0.05) is 12.8 Å². The Balaban J connectivity index is 3.31. The Morgan fingerprint density at radius 2 is 0.535 bits per heavy atom. The lowest BCUT2D eigenvalue weighted by atomic mass is 10.0. The van der Waals surface area contributed by atoms with Gasteiger partial charge in [0.25, 0.3) is 0 Å². The molecule has 0 heterocycles. The Labute approximate surface area is 539 Å². The molecule has 512 valence electrons. The molecule has 2 atom stereocenters. The van der Waals surface area contributed by atoms with E-state index < -0.39 is 12.1 Å². The van der Waals surface area contributed by atoms with E-state index in [0.717, 1.165) is 38.5 Å². The lowest BCUT2D eigenvalue weighted by molar-refractivity contribution is -0.143. The number of ether oxygens (including phenoxy) is 1. The Kier molecular flexibility index (Phi) is 74.8. The van der Waals surface area contributed by atoms with Crippen LogP contribution in [0.2, 0.25) is 0 Å². The van der Waals surface area contributed by atoms with Gasteiger partial charge in [-0.05, 0) is 32.1 Å². The van der Waals surface area contributed by atoms with Crippen molar-refractivity contribution in [2.75, 3.05) is 13.2 Å². The van der Waals surface area contributed by atoms with Crippen molar-refractivity contribution in [2.24, 2.45) is 0 Å². The number of hydrogen-bond donors (Lipinski definition) is 3. The summed E-state index contributed by atoms with van der Waals surface area (Å²) in [6.07, 6.45) is 96.3. The molecule has 0 radical (unpaired) electrons. The molecular weight excluding hydrogens is 1050 g/mol. The minimum Gasteiger partial charge on any atom is -0.466 e. The summed E-state index contributed by atoms with van der Waals surface area (Å²) in [5.41, 5.74) is 0. The molecule has 86 heavy (non-hydrogen) atoms. The molecule has 0 saturated carbocycles. The van der Waals surface area contributed by atoms with Crippen LogP contribution >= 0.6 is 0 Å². The number of nitrogens with one attached hydrogen (secondary N) is 1. The van der Waals surface area contributed by atoms with E-state index in [1.807, 2.05) is 6.08 Å². The number of unbranched alkanes of at least 4 members (excludes halogenated alkanes) is 65. The van der Waals surface area contributed by atoms with Gasteiger partial charge in [-0.3, -0.25) is 9.59 Å². The average Bonchev–Trinajstić information content (AvgIpc) is 3.58. The third-order valence-corrected chi connectivity index (χ3v) is 19.1.